The Morgan fingerprint density at radius 2 is 1.87 bits per heavy atom. The summed E-state index contributed by atoms with van der Waals surface area (Å²) in [7, 11) is 0. The average Bonchev–Trinajstić information content (AvgIpc) is 3.07. The van der Waals surface area contributed by atoms with Crippen LogP contribution < -0.4 is 10.6 Å². The van der Waals surface area contributed by atoms with Crippen molar-refractivity contribution in [2.45, 2.75) is 32.4 Å². The third-order valence-corrected chi connectivity index (χ3v) is 3.73. The molecule has 1 aromatic carbocycles. The van der Waals surface area contributed by atoms with E-state index in [9.17, 15) is 9.59 Å². The van der Waals surface area contributed by atoms with Crippen LogP contribution in [0.4, 0.5) is 0 Å². The molecule has 0 saturated heterocycles. The van der Waals surface area contributed by atoms with Crippen LogP contribution in [-0.4, -0.2) is 17.9 Å². The van der Waals surface area contributed by atoms with E-state index < -0.39 is 11.9 Å². The molecule has 23 heavy (non-hydrogen) atoms. The summed E-state index contributed by atoms with van der Waals surface area (Å²) in [5.74, 6) is -0.502. The van der Waals surface area contributed by atoms with Crippen molar-refractivity contribution >= 4 is 23.4 Å². The molecule has 6 heteroatoms. The molecule has 2 unspecified atom stereocenters. The first kappa shape index (κ1) is 17.1. The molecule has 0 aliphatic heterocycles. The SMILES string of the molecule is CCC(NC(=O)C(C)NC(=O)c1ccco1)c1ccc(Cl)cc1. The van der Waals surface area contributed by atoms with Gasteiger partial charge >= 0.3 is 0 Å². The predicted molar refractivity (Wildman–Crippen MR) is 88.3 cm³/mol. The molecule has 0 aliphatic rings. The number of carbonyl (C=O) groups is 2. The zero-order valence-electron chi connectivity index (χ0n) is 13.0. The second-order valence-corrected chi connectivity index (χ2v) is 5.63. The van der Waals surface area contributed by atoms with Gasteiger partial charge in [-0.3, -0.25) is 9.59 Å². The van der Waals surface area contributed by atoms with Crippen molar-refractivity contribution in [2.75, 3.05) is 0 Å². The number of amides is 2. The average molecular weight is 335 g/mol. The Balaban J connectivity index is 1.96. The van der Waals surface area contributed by atoms with Crippen LogP contribution in [0.15, 0.2) is 47.1 Å². The molecule has 122 valence electrons. The largest absolute Gasteiger partial charge is 0.459 e. The predicted octanol–water partition coefficient (Wildman–Crippen LogP) is 3.32. The van der Waals surface area contributed by atoms with E-state index in [1.54, 1.807) is 31.2 Å². The number of benzene rings is 1. The highest BCUT2D eigenvalue weighted by Gasteiger charge is 2.21. The van der Waals surface area contributed by atoms with Crippen molar-refractivity contribution in [2.24, 2.45) is 0 Å². The van der Waals surface area contributed by atoms with Crippen molar-refractivity contribution in [1.29, 1.82) is 0 Å². The lowest BCUT2D eigenvalue weighted by Crippen LogP contribution is -2.45. The Hall–Kier alpha value is -2.27. The lowest BCUT2D eigenvalue weighted by molar-refractivity contribution is -0.123. The van der Waals surface area contributed by atoms with Gasteiger partial charge in [-0.05, 0) is 43.2 Å². The molecule has 0 aliphatic carbocycles. The summed E-state index contributed by atoms with van der Waals surface area (Å²) in [6.07, 6.45) is 2.14. The molecule has 2 N–H and O–H groups in total. The molecule has 2 aromatic rings. The van der Waals surface area contributed by atoms with E-state index >= 15 is 0 Å². The van der Waals surface area contributed by atoms with E-state index in [0.717, 1.165) is 12.0 Å². The van der Waals surface area contributed by atoms with Crippen molar-refractivity contribution < 1.29 is 14.0 Å². The normalized spacial score (nSPS) is 13.2. The second kappa shape index (κ2) is 7.83. The lowest BCUT2D eigenvalue weighted by Gasteiger charge is -2.20. The number of halogens is 1. The minimum Gasteiger partial charge on any atom is -0.459 e. The van der Waals surface area contributed by atoms with Crippen molar-refractivity contribution in [3.8, 4) is 0 Å². The highest BCUT2D eigenvalue weighted by Crippen LogP contribution is 2.19. The van der Waals surface area contributed by atoms with Crippen molar-refractivity contribution in [3.63, 3.8) is 0 Å². The maximum Gasteiger partial charge on any atom is 0.287 e. The van der Waals surface area contributed by atoms with Gasteiger partial charge in [0.2, 0.25) is 5.91 Å². The molecule has 0 saturated carbocycles. The first-order chi connectivity index (χ1) is 11.0. The smallest absolute Gasteiger partial charge is 0.287 e. The molecular formula is C17H19ClN2O3. The molecule has 0 radical (unpaired) electrons. The van der Waals surface area contributed by atoms with Gasteiger partial charge in [0.1, 0.15) is 6.04 Å². The third kappa shape index (κ3) is 4.60. The molecule has 0 bridgehead atoms. The van der Waals surface area contributed by atoms with Crippen LogP contribution in [0.5, 0.6) is 0 Å². The van der Waals surface area contributed by atoms with E-state index in [4.69, 9.17) is 16.0 Å². The maximum absolute atomic E-state index is 12.3. The van der Waals surface area contributed by atoms with Gasteiger partial charge in [0.15, 0.2) is 5.76 Å². The summed E-state index contributed by atoms with van der Waals surface area (Å²) < 4.78 is 5.00. The summed E-state index contributed by atoms with van der Waals surface area (Å²) in [4.78, 5) is 24.2. The zero-order valence-corrected chi connectivity index (χ0v) is 13.8. The molecule has 0 spiro atoms. The van der Waals surface area contributed by atoms with E-state index in [-0.39, 0.29) is 17.7 Å². The minimum atomic E-state index is -0.672. The summed E-state index contributed by atoms with van der Waals surface area (Å²) in [6, 6.07) is 9.68. The van der Waals surface area contributed by atoms with Crippen LogP contribution in [0.25, 0.3) is 0 Å². The van der Waals surface area contributed by atoms with Gasteiger partial charge in [0.25, 0.3) is 5.91 Å². The van der Waals surface area contributed by atoms with Crippen LogP contribution in [-0.2, 0) is 4.79 Å². The number of nitrogens with one attached hydrogen (secondary N) is 2. The summed E-state index contributed by atoms with van der Waals surface area (Å²) in [5, 5.41) is 6.18. The fourth-order valence-electron chi connectivity index (χ4n) is 2.15. The molecule has 2 rings (SSSR count). The first-order valence-corrected chi connectivity index (χ1v) is 7.79. The molecular weight excluding hydrogens is 316 g/mol. The highest BCUT2D eigenvalue weighted by atomic mass is 35.5. The Bertz CT molecular complexity index is 653. The third-order valence-electron chi connectivity index (χ3n) is 3.48. The number of rotatable bonds is 6. The van der Waals surface area contributed by atoms with Crippen LogP contribution >= 0.6 is 11.6 Å². The number of hydrogen-bond acceptors (Lipinski definition) is 3. The summed E-state index contributed by atoms with van der Waals surface area (Å²) >= 11 is 5.88. The minimum absolute atomic E-state index is 0.136. The topological polar surface area (TPSA) is 71.3 Å². The van der Waals surface area contributed by atoms with Crippen LogP contribution in [0, 0.1) is 0 Å². The monoisotopic (exact) mass is 334 g/mol. The van der Waals surface area contributed by atoms with E-state index in [2.05, 4.69) is 10.6 Å². The first-order valence-electron chi connectivity index (χ1n) is 7.41. The number of furan rings is 1. The van der Waals surface area contributed by atoms with Crippen LogP contribution in [0.3, 0.4) is 0 Å². The van der Waals surface area contributed by atoms with E-state index in [1.807, 2.05) is 19.1 Å². The van der Waals surface area contributed by atoms with Gasteiger partial charge < -0.3 is 15.1 Å². The Morgan fingerprint density at radius 1 is 1.17 bits per heavy atom. The van der Waals surface area contributed by atoms with E-state index in [1.165, 1.54) is 6.26 Å². The lowest BCUT2D eigenvalue weighted by atomic mass is 10.0. The Labute approximate surface area is 140 Å². The summed E-state index contributed by atoms with van der Waals surface area (Å²) in [6.45, 7) is 3.61. The number of hydrogen-bond donors (Lipinski definition) is 2. The second-order valence-electron chi connectivity index (χ2n) is 5.19. The standard InChI is InChI=1S/C17H19ClN2O3/c1-3-14(12-6-8-13(18)9-7-12)20-16(21)11(2)19-17(22)15-5-4-10-23-15/h4-11,14H,3H2,1-2H3,(H,19,22)(H,20,21). The fourth-order valence-corrected chi connectivity index (χ4v) is 2.28. The highest BCUT2D eigenvalue weighted by molar-refractivity contribution is 6.30. The Morgan fingerprint density at radius 3 is 2.43 bits per heavy atom. The van der Waals surface area contributed by atoms with Gasteiger partial charge in [0, 0.05) is 5.02 Å². The van der Waals surface area contributed by atoms with Gasteiger partial charge in [0.05, 0.1) is 12.3 Å². The fraction of sp³-hybridized carbons (Fsp3) is 0.294. The quantitative estimate of drug-likeness (QED) is 0.851. The van der Waals surface area contributed by atoms with Crippen LogP contribution in [0.1, 0.15) is 42.4 Å². The van der Waals surface area contributed by atoms with Gasteiger partial charge in [-0.1, -0.05) is 30.7 Å². The molecule has 0 fully saturated rings. The maximum atomic E-state index is 12.3. The Kier molecular flexibility index (Phi) is 5.82. The molecule has 2 amide bonds. The van der Waals surface area contributed by atoms with E-state index in [0.29, 0.717) is 5.02 Å². The molecule has 5 nitrogen and oxygen atoms in total. The van der Waals surface area contributed by atoms with Gasteiger partial charge in [-0.2, -0.15) is 0 Å². The van der Waals surface area contributed by atoms with Crippen molar-refractivity contribution in [1.82, 2.24) is 10.6 Å². The summed E-state index contributed by atoms with van der Waals surface area (Å²) in [5.41, 5.74) is 0.967. The van der Waals surface area contributed by atoms with Gasteiger partial charge in [-0.15, -0.1) is 0 Å². The van der Waals surface area contributed by atoms with Crippen molar-refractivity contribution in [3.05, 3.63) is 59.0 Å². The van der Waals surface area contributed by atoms with Gasteiger partial charge in [-0.25, -0.2) is 0 Å². The molecule has 1 aromatic heterocycles. The molecule has 1 heterocycles. The van der Waals surface area contributed by atoms with Crippen LogP contribution in [0.2, 0.25) is 5.02 Å². The number of carbonyl (C=O) groups excluding carboxylic acids is 2. The zero-order chi connectivity index (χ0) is 16.8. The molecule has 2 atom stereocenters.